The first-order chi connectivity index (χ1) is 10.2. The van der Waals surface area contributed by atoms with Gasteiger partial charge in [0.15, 0.2) is 0 Å². The molecule has 2 aromatic rings. The molecule has 0 atom stereocenters. The summed E-state index contributed by atoms with van der Waals surface area (Å²) in [6.07, 6.45) is 5.64. The molecule has 4 heteroatoms. The maximum absolute atomic E-state index is 12.3. The summed E-state index contributed by atoms with van der Waals surface area (Å²) in [4.78, 5) is 12.3. The fourth-order valence-electron chi connectivity index (χ4n) is 2.93. The largest absolute Gasteiger partial charge is 0.326 e. The number of carbonyl (C=O) groups is 1. The number of aryl methyl sites for hydroxylation is 1. The zero-order valence-corrected chi connectivity index (χ0v) is 12.4. The average Bonchev–Trinajstić information content (AvgIpc) is 2.95. The molecule has 1 saturated carbocycles. The van der Waals surface area contributed by atoms with E-state index in [1.807, 2.05) is 37.3 Å². The number of amides is 1. The minimum absolute atomic E-state index is 0.157. The van der Waals surface area contributed by atoms with Crippen LogP contribution in [0.3, 0.4) is 0 Å². The highest BCUT2D eigenvalue weighted by Crippen LogP contribution is 2.26. The van der Waals surface area contributed by atoms with Crippen LogP contribution in [-0.4, -0.2) is 16.1 Å². The molecule has 0 saturated heterocycles. The smallest absolute Gasteiger partial charge is 0.227 e. The number of hydrogen-bond donors (Lipinski definition) is 2. The third-order valence-corrected chi connectivity index (χ3v) is 4.11. The van der Waals surface area contributed by atoms with Crippen LogP contribution in [-0.2, 0) is 4.79 Å². The highest BCUT2D eigenvalue weighted by Gasteiger charge is 2.21. The molecule has 0 radical (unpaired) electrons. The molecule has 0 unspecified atom stereocenters. The van der Waals surface area contributed by atoms with Crippen LogP contribution in [0.1, 0.15) is 37.8 Å². The van der Waals surface area contributed by atoms with Crippen molar-refractivity contribution in [1.82, 2.24) is 10.2 Å². The minimum Gasteiger partial charge on any atom is -0.326 e. The normalized spacial score (nSPS) is 15.9. The molecule has 1 heterocycles. The van der Waals surface area contributed by atoms with Gasteiger partial charge in [-0.15, -0.1) is 0 Å². The topological polar surface area (TPSA) is 57.8 Å². The maximum Gasteiger partial charge on any atom is 0.227 e. The van der Waals surface area contributed by atoms with Crippen molar-refractivity contribution in [1.29, 1.82) is 0 Å². The number of benzene rings is 1. The monoisotopic (exact) mass is 283 g/mol. The van der Waals surface area contributed by atoms with Crippen LogP contribution >= 0.6 is 0 Å². The Hall–Kier alpha value is -2.10. The number of nitrogens with one attached hydrogen (secondary N) is 2. The van der Waals surface area contributed by atoms with E-state index in [9.17, 15) is 4.79 Å². The first-order valence-corrected chi connectivity index (χ1v) is 7.66. The molecule has 3 rings (SSSR count). The van der Waals surface area contributed by atoms with E-state index in [0.29, 0.717) is 0 Å². The summed E-state index contributed by atoms with van der Waals surface area (Å²) in [5, 5.41) is 10.3. The van der Waals surface area contributed by atoms with E-state index in [-0.39, 0.29) is 11.8 Å². The number of aromatic nitrogens is 2. The Morgan fingerprint density at radius 2 is 2.05 bits per heavy atom. The Kier molecular flexibility index (Phi) is 4.04. The third-order valence-electron chi connectivity index (χ3n) is 4.11. The average molecular weight is 283 g/mol. The summed E-state index contributed by atoms with van der Waals surface area (Å²) in [6, 6.07) is 9.88. The lowest BCUT2D eigenvalue weighted by atomic mass is 9.88. The summed E-state index contributed by atoms with van der Waals surface area (Å²) < 4.78 is 0. The van der Waals surface area contributed by atoms with Gasteiger partial charge >= 0.3 is 0 Å². The molecule has 0 spiro atoms. The lowest BCUT2D eigenvalue weighted by Gasteiger charge is -2.20. The highest BCUT2D eigenvalue weighted by molar-refractivity contribution is 5.93. The Morgan fingerprint density at radius 3 is 2.76 bits per heavy atom. The summed E-state index contributed by atoms with van der Waals surface area (Å²) in [6.45, 7) is 1.98. The zero-order valence-electron chi connectivity index (χ0n) is 12.4. The van der Waals surface area contributed by atoms with Crippen LogP contribution in [0.2, 0.25) is 0 Å². The van der Waals surface area contributed by atoms with E-state index in [0.717, 1.165) is 35.5 Å². The van der Waals surface area contributed by atoms with Crippen molar-refractivity contribution in [3.05, 3.63) is 36.0 Å². The number of carbonyl (C=O) groups excluding carboxylic acids is 1. The van der Waals surface area contributed by atoms with Crippen molar-refractivity contribution < 1.29 is 4.79 Å². The van der Waals surface area contributed by atoms with Gasteiger partial charge in [-0.1, -0.05) is 31.4 Å². The Labute approximate surface area is 125 Å². The molecule has 4 nitrogen and oxygen atoms in total. The Balaban J connectivity index is 1.72. The molecule has 1 aromatic heterocycles. The van der Waals surface area contributed by atoms with E-state index in [4.69, 9.17) is 0 Å². The van der Waals surface area contributed by atoms with Crippen molar-refractivity contribution in [3.8, 4) is 11.3 Å². The van der Waals surface area contributed by atoms with E-state index >= 15 is 0 Å². The number of aromatic amines is 1. The van der Waals surface area contributed by atoms with Crippen LogP contribution in [0.15, 0.2) is 30.3 Å². The van der Waals surface area contributed by atoms with Gasteiger partial charge in [-0.05, 0) is 38.0 Å². The molecule has 2 N–H and O–H groups in total. The molecule has 1 aliphatic carbocycles. The first-order valence-electron chi connectivity index (χ1n) is 7.66. The van der Waals surface area contributed by atoms with Gasteiger partial charge in [0.05, 0.1) is 5.69 Å². The van der Waals surface area contributed by atoms with Crippen LogP contribution in [0.25, 0.3) is 11.3 Å². The van der Waals surface area contributed by atoms with Crippen molar-refractivity contribution in [3.63, 3.8) is 0 Å². The summed E-state index contributed by atoms with van der Waals surface area (Å²) in [5.74, 6) is 0.333. The van der Waals surface area contributed by atoms with Crippen molar-refractivity contribution >= 4 is 11.6 Å². The van der Waals surface area contributed by atoms with E-state index in [1.54, 1.807) is 0 Å². The van der Waals surface area contributed by atoms with Crippen LogP contribution < -0.4 is 5.32 Å². The molecule has 110 valence electrons. The molecular formula is C17H21N3O. The quantitative estimate of drug-likeness (QED) is 0.897. The van der Waals surface area contributed by atoms with E-state index in [2.05, 4.69) is 15.5 Å². The Bertz CT molecular complexity index is 626. The number of nitrogens with zero attached hydrogens (tertiary/aromatic N) is 1. The van der Waals surface area contributed by atoms with Gasteiger partial charge in [-0.2, -0.15) is 5.10 Å². The molecular weight excluding hydrogens is 262 g/mol. The number of H-pyrrole nitrogens is 1. The van der Waals surface area contributed by atoms with Crippen molar-refractivity contribution in [2.24, 2.45) is 5.92 Å². The highest BCUT2D eigenvalue weighted by atomic mass is 16.1. The first kappa shape index (κ1) is 13.9. The summed E-state index contributed by atoms with van der Waals surface area (Å²) >= 11 is 0. The zero-order chi connectivity index (χ0) is 14.7. The predicted octanol–water partition coefficient (Wildman–Crippen LogP) is 3.90. The number of hydrogen-bond acceptors (Lipinski definition) is 2. The number of anilines is 1. The van der Waals surface area contributed by atoms with Gasteiger partial charge in [-0.25, -0.2) is 0 Å². The van der Waals surface area contributed by atoms with Gasteiger partial charge in [0.1, 0.15) is 0 Å². The van der Waals surface area contributed by atoms with Gasteiger partial charge in [0.2, 0.25) is 5.91 Å². The number of rotatable bonds is 3. The van der Waals surface area contributed by atoms with Crippen molar-refractivity contribution in [2.75, 3.05) is 5.32 Å². The maximum atomic E-state index is 12.3. The molecule has 1 aromatic carbocycles. The second kappa shape index (κ2) is 6.12. The van der Waals surface area contributed by atoms with Gasteiger partial charge in [-0.3, -0.25) is 9.89 Å². The lowest BCUT2D eigenvalue weighted by Crippen LogP contribution is -2.24. The third kappa shape index (κ3) is 3.32. The second-order valence-electron chi connectivity index (χ2n) is 5.84. The standard InChI is InChI=1S/C17H21N3O/c1-12-10-16(20-19-12)14-8-5-9-15(11-14)18-17(21)13-6-3-2-4-7-13/h5,8-11,13H,2-4,6-7H2,1H3,(H,18,21)(H,19,20). The van der Waals surface area contributed by atoms with Crippen LogP contribution in [0.5, 0.6) is 0 Å². The fourth-order valence-corrected chi connectivity index (χ4v) is 2.93. The SMILES string of the molecule is Cc1cc(-c2cccc(NC(=O)C3CCCCC3)c2)n[nH]1. The minimum atomic E-state index is 0.157. The van der Waals surface area contributed by atoms with E-state index in [1.165, 1.54) is 19.3 Å². The predicted molar refractivity (Wildman–Crippen MR) is 84.0 cm³/mol. The molecule has 21 heavy (non-hydrogen) atoms. The summed E-state index contributed by atoms with van der Waals surface area (Å²) in [7, 11) is 0. The van der Waals surface area contributed by atoms with Gasteiger partial charge < -0.3 is 5.32 Å². The second-order valence-corrected chi connectivity index (χ2v) is 5.84. The molecule has 1 aliphatic rings. The van der Waals surface area contributed by atoms with Gasteiger partial charge in [0.25, 0.3) is 0 Å². The summed E-state index contributed by atoms with van der Waals surface area (Å²) in [5.41, 5.74) is 3.80. The van der Waals surface area contributed by atoms with Crippen LogP contribution in [0, 0.1) is 12.8 Å². The lowest BCUT2D eigenvalue weighted by molar-refractivity contribution is -0.120. The molecule has 0 bridgehead atoms. The molecule has 1 fully saturated rings. The Morgan fingerprint density at radius 1 is 1.24 bits per heavy atom. The molecule has 1 amide bonds. The van der Waals surface area contributed by atoms with Crippen LogP contribution in [0.4, 0.5) is 5.69 Å². The molecule has 0 aliphatic heterocycles. The fraction of sp³-hybridized carbons (Fsp3) is 0.412. The van der Waals surface area contributed by atoms with Crippen molar-refractivity contribution in [2.45, 2.75) is 39.0 Å². The van der Waals surface area contributed by atoms with Gasteiger partial charge in [0, 0.05) is 22.9 Å². The van der Waals surface area contributed by atoms with E-state index < -0.39 is 0 Å².